The van der Waals surface area contributed by atoms with Crippen LogP contribution in [0.3, 0.4) is 0 Å². The second kappa shape index (κ2) is 9.03. The van der Waals surface area contributed by atoms with E-state index >= 15 is 0 Å². The zero-order chi connectivity index (χ0) is 23.7. The Bertz CT molecular complexity index is 1450. The van der Waals surface area contributed by atoms with Crippen molar-refractivity contribution < 1.29 is 14.7 Å². The molecule has 4 aromatic rings. The van der Waals surface area contributed by atoms with Crippen LogP contribution in [-0.2, 0) is 11.3 Å². The van der Waals surface area contributed by atoms with Gasteiger partial charge in [0, 0.05) is 36.3 Å². The molecular formula is C27H21N3O3S. The van der Waals surface area contributed by atoms with Gasteiger partial charge in [0.1, 0.15) is 0 Å². The molecule has 1 amide bonds. The van der Waals surface area contributed by atoms with Crippen molar-refractivity contribution >= 4 is 51.5 Å². The Hall–Kier alpha value is -4.10. The number of amides is 1. The number of rotatable bonds is 5. The van der Waals surface area contributed by atoms with Crippen molar-refractivity contribution in [3.8, 4) is 0 Å². The van der Waals surface area contributed by atoms with Gasteiger partial charge in [-0.05, 0) is 53.7 Å². The number of carbonyl (C=O) groups is 2. The average molecular weight is 468 g/mol. The summed E-state index contributed by atoms with van der Waals surface area (Å²) in [5.41, 5.74) is 4.07. The zero-order valence-corrected chi connectivity index (χ0v) is 19.2. The number of likely N-dealkylation sites (N-methyl/N-ethyl adjacent to an activating group) is 1. The summed E-state index contributed by atoms with van der Waals surface area (Å²) in [7, 11) is 1.69. The molecular weight excluding hydrogens is 446 g/mol. The number of hydrogen-bond donors (Lipinski definition) is 1. The molecule has 1 N–H and O–H groups in total. The first-order chi connectivity index (χ1) is 16.5. The van der Waals surface area contributed by atoms with Crippen LogP contribution in [0.15, 0.2) is 95.0 Å². The van der Waals surface area contributed by atoms with Gasteiger partial charge in [0.05, 0.1) is 16.2 Å². The zero-order valence-electron chi connectivity index (χ0n) is 18.4. The third-order valence-corrected chi connectivity index (χ3v) is 6.70. The summed E-state index contributed by atoms with van der Waals surface area (Å²) in [5, 5.41) is 10.7. The van der Waals surface area contributed by atoms with E-state index in [2.05, 4.69) is 40.0 Å². The number of thioether (sulfide) groups is 1. The van der Waals surface area contributed by atoms with Crippen LogP contribution in [0.4, 0.5) is 5.69 Å². The predicted molar refractivity (Wildman–Crippen MR) is 136 cm³/mol. The molecule has 0 atom stereocenters. The van der Waals surface area contributed by atoms with Gasteiger partial charge in [0.2, 0.25) is 0 Å². The molecule has 5 rings (SSSR count). The smallest absolute Gasteiger partial charge is 0.335 e. The topological polar surface area (TPSA) is 74.9 Å². The van der Waals surface area contributed by atoms with Crippen molar-refractivity contribution in [2.24, 2.45) is 4.99 Å². The number of hydrogen-bond acceptors (Lipinski definition) is 4. The van der Waals surface area contributed by atoms with E-state index in [0.29, 0.717) is 15.8 Å². The number of carboxylic acid groups (broad SMARTS) is 1. The molecule has 1 aliphatic rings. The summed E-state index contributed by atoms with van der Waals surface area (Å²) >= 11 is 1.31. The van der Waals surface area contributed by atoms with Crippen molar-refractivity contribution in [1.82, 2.24) is 9.47 Å². The minimum Gasteiger partial charge on any atom is -0.478 e. The molecule has 2 heterocycles. The van der Waals surface area contributed by atoms with Gasteiger partial charge in [-0.25, -0.2) is 9.79 Å². The number of amidine groups is 1. The van der Waals surface area contributed by atoms with Crippen LogP contribution < -0.4 is 0 Å². The second-order valence-electron chi connectivity index (χ2n) is 7.94. The molecule has 0 aliphatic carbocycles. The highest BCUT2D eigenvalue weighted by Crippen LogP contribution is 2.35. The highest BCUT2D eigenvalue weighted by Gasteiger charge is 2.30. The Morgan fingerprint density at radius 3 is 2.44 bits per heavy atom. The van der Waals surface area contributed by atoms with Crippen molar-refractivity contribution in [2.75, 3.05) is 7.05 Å². The molecule has 1 saturated heterocycles. The number of benzene rings is 3. The quantitative estimate of drug-likeness (QED) is 0.387. The number of carbonyl (C=O) groups excluding carboxylic acids is 1. The first-order valence-electron chi connectivity index (χ1n) is 10.7. The maximum Gasteiger partial charge on any atom is 0.335 e. The fraction of sp³-hybridized carbons (Fsp3) is 0.0741. The lowest BCUT2D eigenvalue weighted by Gasteiger charge is -2.07. The molecule has 0 radical (unpaired) electrons. The predicted octanol–water partition coefficient (Wildman–Crippen LogP) is 5.62. The fourth-order valence-corrected chi connectivity index (χ4v) is 4.86. The monoisotopic (exact) mass is 467 g/mol. The molecule has 0 bridgehead atoms. The van der Waals surface area contributed by atoms with E-state index in [1.54, 1.807) is 19.2 Å². The maximum absolute atomic E-state index is 13.0. The average Bonchev–Trinajstić information content (AvgIpc) is 3.32. The lowest BCUT2D eigenvalue weighted by Crippen LogP contribution is -2.23. The molecule has 1 fully saturated rings. The number of aliphatic imine (C=N–C) groups is 1. The van der Waals surface area contributed by atoms with E-state index < -0.39 is 5.97 Å². The minimum absolute atomic E-state index is 0.120. The van der Waals surface area contributed by atoms with Crippen LogP contribution in [-0.4, -0.2) is 38.7 Å². The molecule has 1 aliphatic heterocycles. The van der Waals surface area contributed by atoms with Crippen molar-refractivity contribution in [3.63, 3.8) is 0 Å². The molecule has 0 spiro atoms. The number of para-hydroxylation sites is 1. The summed E-state index contributed by atoms with van der Waals surface area (Å²) in [4.78, 5) is 30.7. The Kier molecular flexibility index (Phi) is 5.77. The lowest BCUT2D eigenvalue weighted by molar-refractivity contribution is -0.121. The van der Waals surface area contributed by atoms with Crippen molar-refractivity contribution in [1.29, 1.82) is 0 Å². The molecule has 34 heavy (non-hydrogen) atoms. The summed E-state index contributed by atoms with van der Waals surface area (Å²) < 4.78 is 2.20. The van der Waals surface area contributed by atoms with E-state index in [1.807, 2.05) is 36.4 Å². The van der Waals surface area contributed by atoms with Gasteiger partial charge in [0.25, 0.3) is 5.91 Å². The van der Waals surface area contributed by atoms with E-state index in [0.717, 1.165) is 23.0 Å². The SMILES string of the molecule is CN1C(=O)/C(=C/c2cn(Cc3ccccc3)c3ccccc23)SC1=Nc1ccc(C(=O)O)cc1. The highest BCUT2D eigenvalue weighted by atomic mass is 32.2. The van der Waals surface area contributed by atoms with E-state index in [1.165, 1.54) is 34.4 Å². The van der Waals surface area contributed by atoms with Crippen molar-refractivity contribution in [3.05, 3.63) is 107 Å². The van der Waals surface area contributed by atoms with Crippen LogP contribution in [0.2, 0.25) is 0 Å². The largest absolute Gasteiger partial charge is 0.478 e. The Balaban J connectivity index is 1.47. The highest BCUT2D eigenvalue weighted by molar-refractivity contribution is 8.18. The van der Waals surface area contributed by atoms with Gasteiger partial charge < -0.3 is 9.67 Å². The van der Waals surface area contributed by atoms with Crippen molar-refractivity contribution in [2.45, 2.75) is 6.54 Å². The first-order valence-corrected chi connectivity index (χ1v) is 11.5. The second-order valence-corrected chi connectivity index (χ2v) is 8.95. The van der Waals surface area contributed by atoms with E-state index in [4.69, 9.17) is 5.11 Å². The van der Waals surface area contributed by atoms with Gasteiger partial charge in [0.15, 0.2) is 5.17 Å². The molecule has 3 aromatic carbocycles. The summed E-state index contributed by atoms with van der Waals surface area (Å²) in [6, 6.07) is 24.7. The maximum atomic E-state index is 13.0. The molecule has 0 unspecified atom stereocenters. The van der Waals surface area contributed by atoms with Crippen LogP contribution in [0.25, 0.3) is 17.0 Å². The van der Waals surface area contributed by atoms with Crippen LogP contribution in [0.5, 0.6) is 0 Å². The Morgan fingerprint density at radius 1 is 1.00 bits per heavy atom. The first kappa shape index (κ1) is 21.7. The summed E-state index contributed by atoms with van der Waals surface area (Å²) in [6.45, 7) is 0.741. The van der Waals surface area contributed by atoms with Gasteiger partial charge in [-0.3, -0.25) is 9.69 Å². The number of aromatic nitrogens is 1. The number of fused-ring (bicyclic) bond motifs is 1. The molecule has 0 saturated carbocycles. The minimum atomic E-state index is -0.988. The Morgan fingerprint density at radius 2 is 1.71 bits per heavy atom. The van der Waals surface area contributed by atoms with Crippen LogP contribution in [0, 0.1) is 0 Å². The number of carboxylic acids is 1. The van der Waals surface area contributed by atoms with E-state index in [9.17, 15) is 9.59 Å². The number of nitrogens with zero attached hydrogens (tertiary/aromatic N) is 3. The fourth-order valence-electron chi connectivity index (χ4n) is 3.88. The molecule has 6 nitrogen and oxygen atoms in total. The molecule has 1 aromatic heterocycles. The molecule has 7 heteroatoms. The summed E-state index contributed by atoms with van der Waals surface area (Å²) in [6.07, 6.45) is 4.00. The standard InChI is InChI=1S/C27H21N3O3S/c1-29-25(31)24(34-27(29)28-21-13-11-19(12-14-21)26(32)33)15-20-17-30(16-18-7-3-2-4-8-18)23-10-6-5-9-22(20)23/h2-15,17H,16H2,1H3,(H,32,33)/b24-15-,28-27?. The van der Waals surface area contributed by atoms with Gasteiger partial charge in [-0.2, -0.15) is 0 Å². The third kappa shape index (κ3) is 4.25. The number of aromatic carboxylic acids is 1. The Labute approximate surface area is 200 Å². The summed E-state index contributed by atoms with van der Waals surface area (Å²) in [5.74, 6) is -1.11. The third-order valence-electron chi connectivity index (χ3n) is 5.64. The van der Waals surface area contributed by atoms with Gasteiger partial charge in [-0.15, -0.1) is 0 Å². The van der Waals surface area contributed by atoms with Gasteiger partial charge in [-0.1, -0.05) is 48.5 Å². The van der Waals surface area contributed by atoms with Gasteiger partial charge >= 0.3 is 5.97 Å². The van der Waals surface area contributed by atoms with E-state index in [-0.39, 0.29) is 11.5 Å². The normalized spacial score (nSPS) is 16.1. The van der Waals surface area contributed by atoms with Crippen LogP contribution >= 0.6 is 11.8 Å². The lowest BCUT2D eigenvalue weighted by atomic mass is 10.1. The van der Waals surface area contributed by atoms with Crippen LogP contribution in [0.1, 0.15) is 21.5 Å². The molecule has 168 valence electrons.